The molecule has 0 amide bonds. The van der Waals surface area contributed by atoms with Crippen LogP contribution in [0.5, 0.6) is 0 Å². The van der Waals surface area contributed by atoms with E-state index in [4.69, 9.17) is 29.6 Å². The first-order valence-corrected chi connectivity index (χ1v) is 7.59. The second-order valence-corrected chi connectivity index (χ2v) is 6.36. The van der Waals surface area contributed by atoms with Gasteiger partial charge < -0.3 is 11.1 Å². The molecule has 2 aromatic carbocycles. The molecule has 104 valence electrons. The molecular formula is C15H14BrClN2S. The van der Waals surface area contributed by atoms with Crippen LogP contribution in [0.3, 0.4) is 0 Å². The highest BCUT2D eigenvalue weighted by Crippen LogP contribution is 2.31. The smallest absolute Gasteiger partial charge is 0.104 e. The highest BCUT2D eigenvalue weighted by molar-refractivity contribution is 9.10. The fourth-order valence-corrected chi connectivity index (χ4v) is 3.05. The number of hydrogen-bond donors (Lipinski definition) is 2. The van der Waals surface area contributed by atoms with E-state index in [2.05, 4.69) is 47.2 Å². The average molecular weight is 370 g/mol. The van der Waals surface area contributed by atoms with E-state index < -0.39 is 0 Å². The van der Waals surface area contributed by atoms with Crippen molar-refractivity contribution >= 4 is 56.1 Å². The molecule has 0 spiro atoms. The summed E-state index contributed by atoms with van der Waals surface area (Å²) >= 11 is 14.7. The summed E-state index contributed by atoms with van der Waals surface area (Å²) in [6.45, 7) is 4.11. The minimum Gasteiger partial charge on any atom is -0.389 e. The van der Waals surface area contributed by atoms with Crippen LogP contribution in [0, 0.1) is 13.8 Å². The predicted molar refractivity (Wildman–Crippen MR) is 94.2 cm³/mol. The van der Waals surface area contributed by atoms with E-state index in [-0.39, 0.29) is 0 Å². The minimum atomic E-state index is 0.342. The van der Waals surface area contributed by atoms with E-state index >= 15 is 0 Å². The minimum absolute atomic E-state index is 0.342. The van der Waals surface area contributed by atoms with Crippen molar-refractivity contribution in [2.24, 2.45) is 5.73 Å². The Labute approximate surface area is 137 Å². The van der Waals surface area contributed by atoms with Crippen LogP contribution in [0.2, 0.25) is 5.02 Å². The number of aryl methyl sites for hydroxylation is 2. The summed E-state index contributed by atoms with van der Waals surface area (Å²) in [5, 5.41) is 3.96. The van der Waals surface area contributed by atoms with Gasteiger partial charge in [0.05, 0.1) is 10.7 Å². The lowest BCUT2D eigenvalue weighted by molar-refractivity contribution is 1.34. The number of halogens is 2. The van der Waals surface area contributed by atoms with Gasteiger partial charge in [0, 0.05) is 15.7 Å². The Morgan fingerprint density at radius 3 is 2.30 bits per heavy atom. The number of nitrogens with one attached hydrogen (secondary N) is 1. The topological polar surface area (TPSA) is 38.0 Å². The number of rotatable bonds is 3. The van der Waals surface area contributed by atoms with Crippen molar-refractivity contribution in [3.8, 4) is 0 Å². The molecule has 0 saturated heterocycles. The quantitative estimate of drug-likeness (QED) is 0.739. The summed E-state index contributed by atoms with van der Waals surface area (Å²) in [7, 11) is 0. The molecule has 0 bridgehead atoms. The van der Waals surface area contributed by atoms with Gasteiger partial charge in [0.2, 0.25) is 0 Å². The third kappa shape index (κ3) is 3.32. The van der Waals surface area contributed by atoms with E-state index in [1.54, 1.807) is 6.07 Å². The van der Waals surface area contributed by atoms with Gasteiger partial charge in [-0.25, -0.2) is 0 Å². The fourth-order valence-electron chi connectivity index (χ4n) is 2.01. The zero-order valence-electron chi connectivity index (χ0n) is 11.1. The highest BCUT2D eigenvalue weighted by Gasteiger charge is 2.08. The van der Waals surface area contributed by atoms with Gasteiger partial charge in [0.15, 0.2) is 0 Å². The van der Waals surface area contributed by atoms with E-state index in [9.17, 15) is 0 Å². The van der Waals surface area contributed by atoms with Crippen LogP contribution < -0.4 is 11.1 Å². The molecule has 3 N–H and O–H groups in total. The lowest BCUT2D eigenvalue weighted by Gasteiger charge is -2.15. The first-order valence-electron chi connectivity index (χ1n) is 6.01. The van der Waals surface area contributed by atoms with Gasteiger partial charge in [-0.3, -0.25) is 0 Å². The normalized spacial score (nSPS) is 10.4. The summed E-state index contributed by atoms with van der Waals surface area (Å²) in [5.74, 6) is 0. The van der Waals surface area contributed by atoms with Gasteiger partial charge in [0.25, 0.3) is 0 Å². The molecule has 5 heteroatoms. The third-order valence-electron chi connectivity index (χ3n) is 3.01. The zero-order valence-corrected chi connectivity index (χ0v) is 14.3. The Morgan fingerprint density at radius 2 is 1.80 bits per heavy atom. The molecule has 0 fully saturated rings. The number of benzene rings is 2. The van der Waals surface area contributed by atoms with Crippen molar-refractivity contribution in [3.05, 3.63) is 56.5 Å². The van der Waals surface area contributed by atoms with Crippen LogP contribution in [0.4, 0.5) is 11.4 Å². The summed E-state index contributed by atoms with van der Waals surface area (Å²) in [4.78, 5) is 0.342. The van der Waals surface area contributed by atoms with Gasteiger partial charge in [0.1, 0.15) is 4.99 Å². The van der Waals surface area contributed by atoms with Gasteiger partial charge in [-0.2, -0.15) is 0 Å². The second kappa shape index (κ2) is 6.12. The zero-order chi connectivity index (χ0) is 14.9. The largest absolute Gasteiger partial charge is 0.389 e. The van der Waals surface area contributed by atoms with E-state index in [0.29, 0.717) is 10.0 Å². The van der Waals surface area contributed by atoms with E-state index in [1.807, 2.05) is 12.1 Å². The molecule has 0 unspecified atom stereocenters. The van der Waals surface area contributed by atoms with Crippen molar-refractivity contribution in [1.82, 2.24) is 0 Å². The molecule has 0 aliphatic rings. The first kappa shape index (κ1) is 15.3. The highest BCUT2D eigenvalue weighted by atomic mass is 79.9. The number of anilines is 2. The Morgan fingerprint density at radius 1 is 1.20 bits per heavy atom. The van der Waals surface area contributed by atoms with Crippen molar-refractivity contribution in [2.75, 3.05) is 5.32 Å². The Balaban J connectivity index is 2.38. The monoisotopic (exact) mass is 368 g/mol. The van der Waals surface area contributed by atoms with Gasteiger partial charge in [-0.1, -0.05) is 39.7 Å². The molecule has 0 aromatic heterocycles. The van der Waals surface area contributed by atoms with Gasteiger partial charge >= 0.3 is 0 Å². The Hall–Kier alpha value is -1.10. The summed E-state index contributed by atoms with van der Waals surface area (Å²) in [6.07, 6.45) is 0. The summed E-state index contributed by atoms with van der Waals surface area (Å²) < 4.78 is 1.06. The van der Waals surface area contributed by atoms with Crippen LogP contribution in [-0.2, 0) is 0 Å². The van der Waals surface area contributed by atoms with Crippen LogP contribution in [0.15, 0.2) is 34.8 Å². The van der Waals surface area contributed by atoms with Crippen molar-refractivity contribution in [2.45, 2.75) is 13.8 Å². The lowest BCUT2D eigenvalue weighted by Crippen LogP contribution is -2.09. The van der Waals surface area contributed by atoms with Gasteiger partial charge in [-0.15, -0.1) is 0 Å². The molecule has 2 rings (SSSR count). The third-order valence-corrected chi connectivity index (χ3v) is 4.02. The van der Waals surface area contributed by atoms with Crippen LogP contribution >= 0.6 is 39.7 Å². The van der Waals surface area contributed by atoms with Crippen LogP contribution in [0.1, 0.15) is 16.7 Å². The van der Waals surface area contributed by atoms with Crippen molar-refractivity contribution in [3.63, 3.8) is 0 Å². The molecule has 0 aliphatic heterocycles. The van der Waals surface area contributed by atoms with Gasteiger partial charge in [-0.05, 0) is 55.3 Å². The number of hydrogen-bond acceptors (Lipinski definition) is 2. The predicted octanol–water partition coefficient (Wildman–Crippen LogP) is 5.10. The number of nitrogens with two attached hydrogens (primary N) is 1. The molecular weight excluding hydrogens is 356 g/mol. The van der Waals surface area contributed by atoms with Crippen molar-refractivity contribution < 1.29 is 0 Å². The standard InChI is InChI=1S/C15H14BrClN2S/c1-8-5-11(16)6-9(2)14(8)19-13-4-3-10(15(18)20)7-12(13)17/h3-7,19H,1-2H3,(H2,18,20). The molecule has 20 heavy (non-hydrogen) atoms. The molecule has 0 aliphatic carbocycles. The maximum absolute atomic E-state index is 6.27. The van der Waals surface area contributed by atoms with Crippen molar-refractivity contribution in [1.29, 1.82) is 0 Å². The van der Waals surface area contributed by atoms with Crippen LogP contribution in [0.25, 0.3) is 0 Å². The molecule has 0 heterocycles. The Bertz CT molecular complexity index is 663. The first-order chi connectivity index (χ1) is 9.38. The maximum Gasteiger partial charge on any atom is 0.104 e. The fraction of sp³-hybridized carbons (Fsp3) is 0.133. The summed E-state index contributed by atoms with van der Waals surface area (Å²) in [6, 6.07) is 9.65. The average Bonchev–Trinajstić information content (AvgIpc) is 2.34. The number of thiocarbonyl (C=S) groups is 1. The molecule has 2 nitrogen and oxygen atoms in total. The lowest BCUT2D eigenvalue weighted by atomic mass is 10.1. The van der Waals surface area contributed by atoms with Crippen LogP contribution in [-0.4, -0.2) is 4.99 Å². The Kier molecular flexibility index (Phi) is 4.68. The summed E-state index contributed by atoms with van der Waals surface area (Å²) in [5.41, 5.74) is 10.5. The molecule has 2 aromatic rings. The second-order valence-electron chi connectivity index (χ2n) is 4.60. The molecule has 0 saturated carbocycles. The van der Waals surface area contributed by atoms with E-state index in [0.717, 1.165) is 32.5 Å². The SMILES string of the molecule is Cc1cc(Br)cc(C)c1Nc1ccc(C(N)=S)cc1Cl. The maximum atomic E-state index is 6.27. The molecule has 0 radical (unpaired) electrons. The van der Waals surface area contributed by atoms with E-state index in [1.165, 1.54) is 0 Å². The molecule has 0 atom stereocenters.